The Morgan fingerprint density at radius 3 is 1.74 bits per heavy atom. The van der Waals surface area contributed by atoms with Gasteiger partial charge in [-0.05, 0) is 35.7 Å². The number of phenolic OH excluding ortho intramolecular Hbond substituents is 1. The van der Waals surface area contributed by atoms with E-state index in [9.17, 15) is 9.67 Å². The molecule has 31 heavy (non-hydrogen) atoms. The minimum absolute atomic E-state index is 0.160. The van der Waals surface area contributed by atoms with Gasteiger partial charge in [-0.3, -0.25) is 4.57 Å². The van der Waals surface area contributed by atoms with Crippen LogP contribution in [0.2, 0.25) is 0 Å². The van der Waals surface area contributed by atoms with Gasteiger partial charge in [-0.15, -0.1) is 0 Å². The zero-order chi connectivity index (χ0) is 23.1. The van der Waals surface area contributed by atoms with Gasteiger partial charge in [0.25, 0.3) is 0 Å². The average molecular weight is 453 g/mol. The predicted molar refractivity (Wildman–Crippen MR) is 130 cm³/mol. The van der Waals surface area contributed by atoms with Crippen LogP contribution in [0.1, 0.15) is 116 Å². The van der Waals surface area contributed by atoms with E-state index in [1.165, 1.54) is 25.7 Å². The first kappa shape index (κ1) is 26.4. The maximum Gasteiger partial charge on any atom is 0.335 e. The van der Waals surface area contributed by atoms with Crippen LogP contribution in [0.15, 0.2) is 12.1 Å². The van der Waals surface area contributed by atoms with Crippen LogP contribution in [0, 0.1) is 0 Å². The third-order valence-corrected chi connectivity index (χ3v) is 8.58. The first-order chi connectivity index (χ1) is 14.5. The van der Waals surface area contributed by atoms with E-state index in [0.29, 0.717) is 19.0 Å². The lowest BCUT2D eigenvalue weighted by Gasteiger charge is -2.33. The van der Waals surface area contributed by atoms with Crippen molar-refractivity contribution in [2.75, 3.05) is 13.2 Å². The molecule has 178 valence electrons. The summed E-state index contributed by atoms with van der Waals surface area (Å²) in [4.78, 5) is 0. The molecule has 1 saturated heterocycles. The fourth-order valence-electron chi connectivity index (χ4n) is 4.54. The second-order valence-corrected chi connectivity index (χ2v) is 12.6. The summed E-state index contributed by atoms with van der Waals surface area (Å²) in [5, 5.41) is 11.4. The van der Waals surface area contributed by atoms with Gasteiger partial charge in [-0.1, -0.05) is 92.2 Å². The molecule has 0 atom stereocenters. The van der Waals surface area contributed by atoms with E-state index in [1.54, 1.807) is 0 Å². The van der Waals surface area contributed by atoms with Crippen molar-refractivity contribution in [1.29, 1.82) is 0 Å². The highest BCUT2D eigenvalue weighted by Crippen LogP contribution is 2.54. The molecular formula is C26H45O4P. The first-order valence-corrected chi connectivity index (χ1v) is 14.0. The summed E-state index contributed by atoms with van der Waals surface area (Å²) < 4.78 is 24.3. The lowest BCUT2D eigenvalue weighted by molar-refractivity contribution is 0.145. The number of phenols is 1. The third-order valence-electron chi connectivity index (χ3n) is 6.68. The van der Waals surface area contributed by atoms with Crippen LogP contribution in [0.4, 0.5) is 0 Å². The molecule has 4 nitrogen and oxygen atoms in total. The summed E-state index contributed by atoms with van der Waals surface area (Å²) in [5.74, 6) is 0.413. The van der Waals surface area contributed by atoms with Crippen LogP contribution in [0.3, 0.4) is 0 Å². The smallest absolute Gasteiger partial charge is 0.335 e. The monoisotopic (exact) mass is 452 g/mol. The summed E-state index contributed by atoms with van der Waals surface area (Å²) in [7, 11) is -3.13. The van der Waals surface area contributed by atoms with E-state index in [0.717, 1.165) is 48.8 Å². The van der Waals surface area contributed by atoms with E-state index >= 15 is 0 Å². The van der Waals surface area contributed by atoms with Crippen molar-refractivity contribution < 1.29 is 18.7 Å². The molecule has 0 unspecified atom stereocenters. The summed E-state index contributed by atoms with van der Waals surface area (Å²) >= 11 is 0. The lowest BCUT2D eigenvalue weighted by Crippen LogP contribution is -2.23. The highest BCUT2D eigenvalue weighted by atomic mass is 31.2. The maximum absolute atomic E-state index is 13.1. The number of aromatic hydroxyl groups is 1. The molecule has 1 aromatic carbocycles. The quantitative estimate of drug-likeness (QED) is 0.256. The highest BCUT2D eigenvalue weighted by Gasteiger charge is 2.34. The molecule has 0 saturated carbocycles. The molecule has 0 bridgehead atoms. The predicted octanol–water partition coefficient (Wildman–Crippen LogP) is 8.24. The molecule has 0 aromatic heterocycles. The number of rotatable bonds is 12. The minimum Gasteiger partial charge on any atom is -0.507 e. The first-order valence-electron chi connectivity index (χ1n) is 12.3. The van der Waals surface area contributed by atoms with Gasteiger partial charge in [0.1, 0.15) is 5.75 Å². The Bertz CT molecular complexity index is 701. The van der Waals surface area contributed by atoms with Crippen LogP contribution >= 0.6 is 7.60 Å². The fraction of sp³-hybridized carbons (Fsp3) is 0.769. The average Bonchev–Trinajstić information content (AvgIpc) is 2.69. The number of hydrogen-bond acceptors (Lipinski definition) is 4. The van der Waals surface area contributed by atoms with Gasteiger partial charge in [0.2, 0.25) is 0 Å². The zero-order valence-electron chi connectivity index (χ0n) is 20.8. The standard InChI is InChI=1S/C26H45O4P/c1-7-9-11-14-25(3,4)22-18-21(20-31(28)29-16-13-17-30-31)19-23(24(22)27)26(5,6)15-12-10-8-2/h18-19,27H,7-17,20H2,1-6H3. The Morgan fingerprint density at radius 1 is 0.871 bits per heavy atom. The van der Waals surface area contributed by atoms with Gasteiger partial charge in [-0.25, -0.2) is 0 Å². The molecule has 2 rings (SSSR count). The highest BCUT2D eigenvalue weighted by molar-refractivity contribution is 7.53. The largest absolute Gasteiger partial charge is 0.507 e. The van der Waals surface area contributed by atoms with Crippen molar-refractivity contribution in [1.82, 2.24) is 0 Å². The summed E-state index contributed by atoms with van der Waals surface area (Å²) in [6.07, 6.45) is 10.1. The van der Waals surface area contributed by atoms with Gasteiger partial charge in [0, 0.05) is 11.1 Å². The van der Waals surface area contributed by atoms with Gasteiger partial charge >= 0.3 is 7.60 Å². The Kier molecular flexibility index (Phi) is 9.67. The molecule has 1 aliphatic rings. The molecule has 0 spiro atoms. The fourth-order valence-corrected chi connectivity index (χ4v) is 6.24. The second kappa shape index (κ2) is 11.3. The Morgan fingerprint density at radius 2 is 1.32 bits per heavy atom. The van der Waals surface area contributed by atoms with Crippen LogP contribution in [-0.4, -0.2) is 18.3 Å². The van der Waals surface area contributed by atoms with Gasteiger partial charge < -0.3 is 14.2 Å². The van der Waals surface area contributed by atoms with Gasteiger partial charge in [0.05, 0.1) is 19.4 Å². The minimum atomic E-state index is -3.13. The topological polar surface area (TPSA) is 55.8 Å². The van der Waals surface area contributed by atoms with Gasteiger partial charge in [0.15, 0.2) is 0 Å². The van der Waals surface area contributed by atoms with Crippen LogP contribution in [0.5, 0.6) is 5.75 Å². The molecule has 0 amide bonds. The van der Waals surface area contributed by atoms with Crippen molar-refractivity contribution in [2.45, 2.75) is 116 Å². The van der Waals surface area contributed by atoms with E-state index in [2.05, 4.69) is 41.5 Å². The molecule has 0 radical (unpaired) electrons. The molecule has 1 fully saturated rings. The summed E-state index contributed by atoms with van der Waals surface area (Å²) in [6, 6.07) is 4.10. The number of unbranched alkanes of at least 4 members (excludes halogenated alkanes) is 4. The van der Waals surface area contributed by atoms with E-state index in [4.69, 9.17) is 9.05 Å². The molecular weight excluding hydrogens is 407 g/mol. The zero-order valence-corrected chi connectivity index (χ0v) is 21.7. The SMILES string of the molecule is CCCCCC(C)(C)c1cc(CP2(=O)OCCCO2)cc(C(C)(C)CCCCC)c1O. The van der Waals surface area contributed by atoms with Crippen molar-refractivity contribution >= 4 is 7.60 Å². The van der Waals surface area contributed by atoms with E-state index in [-0.39, 0.29) is 17.0 Å². The van der Waals surface area contributed by atoms with Crippen LogP contribution in [-0.2, 0) is 30.6 Å². The lowest BCUT2D eigenvalue weighted by atomic mass is 9.73. The Labute approximate surface area is 190 Å². The van der Waals surface area contributed by atoms with Crippen molar-refractivity contribution in [3.05, 3.63) is 28.8 Å². The van der Waals surface area contributed by atoms with E-state index < -0.39 is 7.60 Å². The van der Waals surface area contributed by atoms with E-state index in [1.807, 2.05) is 12.1 Å². The number of benzene rings is 1. The molecule has 5 heteroatoms. The Hall–Kier alpha value is -0.830. The summed E-state index contributed by atoms with van der Waals surface area (Å²) in [5.41, 5.74) is 2.55. The van der Waals surface area contributed by atoms with Crippen LogP contribution < -0.4 is 0 Å². The second-order valence-electron chi connectivity index (χ2n) is 10.5. The molecule has 1 aliphatic heterocycles. The molecule has 1 aromatic rings. The number of hydrogen-bond donors (Lipinski definition) is 1. The Balaban J connectivity index is 2.46. The third kappa shape index (κ3) is 7.34. The van der Waals surface area contributed by atoms with Crippen molar-refractivity contribution in [3.63, 3.8) is 0 Å². The maximum atomic E-state index is 13.1. The van der Waals surface area contributed by atoms with Crippen molar-refractivity contribution in [2.24, 2.45) is 0 Å². The van der Waals surface area contributed by atoms with Crippen molar-refractivity contribution in [3.8, 4) is 5.75 Å². The molecule has 1 N–H and O–H groups in total. The normalized spacial score (nSPS) is 17.1. The summed E-state index contributed by atoms with van der Waals surface area (Å²) in [6.45, 7) is 14.2. The van der Waals surface area contributed by atoms with Gasteiger partial charge in [-0.2, -0.15) is 0 Å². The molecule has 0 aliphatic carbocycles. The molecule has 1 heterocycles. The van der Waals surface area contributed by atoms with Crippen LogP contribution in [0.25, 0.3) is 0 Å².